The largest absolute Gasteiger partial charge is 0.417 e. The van der Waals surface area contributed by atoms with Gasteiger partial charge in [0.05, 0.1) is 15.4 Å². The maximum absolute atomic E-state index is 13.4. The van der Waals surface area contributed by atoms with Crippen LogP contribution in [0.25, 0.3) is 5.57 Å². The minimum absolute atomic E-state index is 0.235. The Morgan fingerprint density at radius 3 is 1.91 bits per heavy atom. The van der Waals surface area contributed by atoms with Gasteiger partial charge in [0.15, 0.2) is 0 Å². The number of rotatable bonds is 3. The Morgan fingerprint density at radius 2 is 1.43 bits per heavy atom. The molecular weight excluding hydrogens is 332 g/mol. The monoisotopic (exact) mass is 344 g/mol. The molecule has 122 valence electrons. The zero-order valence-electron chi connectivity index (χ0n) is 11.9. The van der Waals surface area contributed by atoms with Crippen molar-refractivity contribution in [1.82, 2.24) is 0 Å². The lowest BCUT2D eigenvalue weighted by molar-refractivity contribution is -0.0691. The summed E-state index contributed by atoms with van der Waals surface area (Å²) in [5.74, 6) is -0.709. The predicted octanol–water partition coefficient (Wildman–Crippen LogP) is 4.59. The van der Waals surface area contributed by atoms with Crippen molar-refractivity contribution in [2.75, 3.05) is 0 Å². The summed E-state index contributed by atoms with van der Waals surface area (Å²) in [6.07, 6.45) is -4.90. The second kappa shape index (κ2) is 6.16. The summed E-state index contributed by atoms with van der Waals surface area (Å²) >= 11 is 0. The molecule has 2 aromatic rings. The highest BCUT2D eigenvalue weighted by Gasteiger charge is 2.39. The van der Waals surface area contributed by atoms with Crippen molar-refractivity contribution >= 4 is 15.4 Å². The van der Waals surface area contributed by atoms with E-state index < -0.39 is 37.9 Å². The van der Waals surface area contributed by atoms with Crippen molar-refractivity contribution in [2.45, 2.75) is 18.0 Å². The molecule has 0 fully saturated rings. The van der Waals surface area contributed by atoms with Gasteiger partial charge in [0.1, 0.15) is 5.82 Å². The third kappa shape index (κ3) is 3.61. The van der Waals surface area contributed by atoms with E-state index in [2.05, 4.69) is 0 Å². The van der Waals surface area contributed by atoms with Crippen LogP contribution in [0.1, 0.15) is 12.5 Å². The smallest absolute Gasteiger partial charge is 0.219 e. The lowest BCUT2D eigenvalue weighted by Gasteiger charge is -2.16. The number of allylic oxidation sites excluding steroid dienone is 2. The molecule has 0 spiro atoms. The molecule has 0 saturated carbocycles. The van der Waals surface area contributed by atoms with Gasteiger partial charge in [-0.2, -0.15) is 13.2 Å². The van der Waals surface area contributed by atoms with Gasteiger partial charge < -0.3 is 0 Å². The van der Waals surface area contributed by atoms with E-state index in [0.717, 1.165) is 31.2 Å². The van der Waals surface area contributed by atoms with Gasteiger partial charge in [0.25, 0.3) is 0 Å². The van der Waals surface area contributed by atoms with Gasteiger partial charge in [-0.05, 0) is 36.8 Å². The number of sulfone groups is 1. The molecule has 7 heteroatoms. The van der Waals surface area contributed by atoms with Crippen LogP contribution in [0, 0.1) is 5.82 Å². The van der Waals surface area contributed by atoms with Gasteiger partial charge in [-0.3, -0.25) is 0 Å². The molecule has 0 aliphatic carbocycles. The van der Waals surface area contributed by atoms with Crippen LogP contribution < -0.4 is 0 Å². The van der Waals surface area contributed by atoms with Gasteiger partial charge in [0, 0.05) is 0 Å². The molecule has 0 aliphatic heterocycles. The molecule has 0 amide bonds. The van der Waals surface area contributed by atoms with Crippen LogP contribution in [-0.2, 0) is 9.84 Å². The summed E-state index contributed by atoms with van der Waals surface area (Å²) < 4.78 is 77.9. The molecule has 0 aliphatic rings. The second-order valence-corrected chi connectivity index (χ2v) is 6.84. The first-order chi connectivity index (χ1) is 10.6. The van der Waals surface area contributed by atoms with Crippen LogP contribution in [-0.4, -0.2) is 14.6 Å². The third-order valence-electron chi connectivity index (χ3n) is 3.23. The fraction of sp³-hybridized carbons (Fsp3) is 0.125. The summed E-state index contributed by atoms with van der Waals surface area (Å²) in [6, 6.07) is 10.4. The first-order valence-corrected chi connectivity index (χ1v) is 7.96. The molecule has 0 bridgehead atoms. The summed E-state index contributed by atoms with van der Waals surface area (Å²) in [7, 11) is -4.31. The van der Waals surface area contributed by atoms with E-state index in [0.29, 0.717) is 0 Å². The van der Waals surface area contributed by atoms with E-state index in [1.807, 2.05) is 0 Å². The topological polar surface area (TPSA) is 34.1 Å². The Hall–Kier alpha value is -2.15. The van der Waals surface area contributed by atoms with Gasteiger partial charge in [-0.1, -0.05) is 30.3 Å². The molecule has 0 N–H and O–H groups in total. The molecule has 23 heavy (non-hydrogen) atoms. The quantitative estimate of drug-likeness (QED) is 0.763. The molecule has 0 saturated heterocycles. The van der Waals surface area contributed by atoms with Crippen LogP contribution >= 0.6 is 0 Å². The Labute approximate surface area is 131 Å². The highest BCUT2D eigenvalue weighted by atomic mass is 32.2. The number of halogens is 4. The number of alkyl halides is 3. The van der Waals surface area contributed by atoms with Crippen molar-refractivity contribution in [3.05, 3.63) is 70.9 Å². The fourth-order valence-electron chi connectivity index (χ4n) is 2.09. The molecule has 2 nitrogen and oxygen atoms in total. The highest BCUT2D eigenvalue weighted by molar-refractivity contribution is 7.95. The Morgan fingerprint density at radius 1 is 0.913 bits per heavy atom. The van der Waals surface area contributed by atoms with E-state index in [9.17, 15) is 26.0 Å². The molecule has 0 aromatic heterocycles. The molecule has 0 heterocycles. The lowest BCUT2D eigenvalue weighted by Crippen LogP contribution is -2.16. The average molecular weight is 344 g/mol. The van der Waals surface area contributed by atoms with E-state index in [-0.39, 0.29) is 4.90 Å². The van der Waals surface area contributed by atoms with Crippen LogP contribution in [0.15, 0.2) is 64.4 Å². The summed E-state index contributed by atoms with van der Waals surface area (Å²) in [5, 5.41) is 0. The minimum atomic E-state index is -4.90. The second-order valence-electron chi connectivity index (χ2n) is 4.75. The number of hydrogen-bond donors (Lipinski definition) is 0. The van der Waals surface area contributed by atoms with Crippen LogP contribution in [0.2, 0.25) is 0 Å². The lowest BCUT2D eigenvalue weighted by atomic mass is 10.1. The van der Waals surface area contributed by atoms with E-state index in [1.165, 1.54) is 24.3 Å². The minimum Gasteiger partial charge on any atom is -0.219 e. The van der Waals surface area contributed by atoms with Gasteiger partial charge in [-0.15, -0.1) is 0 Å². The molecule has 2 aromatic carbocycles. The first kappa shape index (κ1) is 17.2. The van der Waals surface area contributed by atoms with Crippen molar-refractivity contribution in [3.63, 3.8) is 0 Å². The number of hydrogen-bond acceptors (Lipinski definition) is 2. The summed E-state index contributed by atoms with van der Waals surface area (Å²) in [5.41, 5.74) is -1.71. The van der Waals surface area contributed by atoms with Crippen LogP contribution in [0.3, 0.4) is 0 Å². The SMILES string of the molecule is C/C(=C(/c1ccc(F)cc1)C(F)(F)F)S(=O)(=O)c1ccccc1. The van der Waals surface area contributed by atoms with Crippen molar-refractivity contribution < 1.29 is 26.0 Å². The normalized spacial score (nSPS) is 13.6. The van der Waals surface area contributed by atoms with Crippen LogP contribution in [0.4, 0.5) is 17.6 Å². The average Bonchev–Trinajstić information content (AvgIpc) is 2.49. The maximum atomic E-state index is 13.4. The van der Waals surface area contributed by atoms with E-state index in [4.69, 9.17) is 0 Å². The third-order valence-corrected chi connectivity index (χ3v) is 5.13. The number of benzene rings is 2. The van der Waals surface area contributed by atoms with Crippen molar-refractivity contribution in [3.8, 4) is 0 Å². The van der Waals surface area contributed by atoms with Crippen molar-refractivity contribution in [1.29, 1.82) is 0 Å². The molecule has 0 radical (unpaired) electrons. The van der Waals surface area contributed by atoms with E-state index >= 15 is 0 Å². The van der Waals surface area contributed by atoms with Gasteiger partial charge in [0.2, 0.25) is 9.84 Å². The highest BCUT2D eigenvalue weighted by Crippen LogP contribution is 2.39. The Balaban J connectivity index is 2.71. The standard InChI is InChI=1S/C16H12F4O2S/c1-11(23(21,22)14-5-3-2-4-6-14)15(16(18,19)20)12-7-9-13(17)10-8-12/h2-10H,1H3/b15-11+. The molecule has 0 atom stereocenters. The zero-order valence-corrected chi connectivity index (χ0v) is 12.7. The molecular formula is C16H12F4O2S. The Bertz CT molecular complexity index is 821. The predicted molar refractivity (Wildman–Crippen MR) is 78.7 cm³/mol. The van der Waals surface area contributed by atoms with Crippen LogP contribution in [0.5, 0.6) is 0 Å². The summed E-state index contributed by atoms with van der Waals surface area (Å²) in [6.45, 7) is 0.897. The Kier molecular flexibility index (Phi) is 4.61. The zero-order chi connectivity index (χ0) is 17.3. The van der Waals surface area contributed by atoms with Gasteiger partial charge in [-0.25, -0.2) is 12.8 Å². The molecule has 0 unspecified atom stereocenters. The first-order valence-electron chi connectivity index (χ1n) is 6.48. The fourth-order valence-corrected chi connectivity index (χ4v) is 3.47. The van der Waals surface area contributed by atoms with Gasteiger partial charge >= 0.3 is 6.18 Å². The molecule has 2 rings (SSSR count). The van der Waals surface area contributed by atoms with Crippen molar-refractivity contribution in [2.24, 2.45) is 0 Å². The maximum Gasteiger partial charge on any atom is 0.417 e. The summed E-state index contributed by atoms with van der Waals surface area (Å²) in [4.78, 5) is -1.07. The van der Waals surface area contributed by atoms with E-state index in [1.54, 1.807) is 6.07 Å².